The molecule has 0 aliphatic heterocycles. The van der Waals surface area contributed by atoms with Gasteiger partial charge in [0.25, 0.3) is 5.56 Å². The number of fused-ring (bicyclic) bond motifs is 1. The van der Waals surface area contributed by atoms with Crippen LogP contribution in [-0.4, -0.2) is 21.2 Å². The standard InChI is InChI=1S/C21H20N4O3S/c1-13-18(23-20-22-16-10-9-15(28-3)11-17(16)29-20)24(2)21(27)25(19(13)26)12-14-7-5-4-6-8-14/h4-11H,12H2,1-3H3,(H,22,23). The molecule has 0 saturated carbocycles. The first kappa shape index (κ1) is 18.9. The maximum Gasteiger partial charge on any atom is 0.332 e. The molecule has 0 spiro atoms. The number of nitrogens with zero attached hydrogens (tertiary/aromatic N) is 3. The highest BCUT2D eigenvalue weighted by atomic mass is 32.1. The summed E-state index contributed by atoms with van der Waals surface area (Å²) in [6.07, 6.45) is 0. The number of benzene rings is 2. The zero-order valence-electron chi connectivity index (χ0n) is 16.3. The smallest absolute Gasteiger partial charge is 0.332 e. The molecule has 0 radical (unpaired) electrons. The molecular weight excluding hydrogens is 388 g/mol. The summed E-state index contributed by atoms with van der Waals surface area (Å²) in [6, 6.07) is 15.1. The molecular formula is C21H20N4O3S. The lowest BCUT2D eigenvalue weighted by Crippen LogP contribution is -2.41. The molecule has 29 heavy (non-hydrogen) atoms. The van der Waals surface area contributed by atoms with E-state index in [1.54, 1.807) is 21.1 Å². The Morgan fingerprint density at radius 2 is 1.90 bits per heavy atom. The van der Waals surface area contributed by atoms with Crippen LogP contribution in [0.25, 0.3) is 10.2 Å². The molecule has 0 fully saturated rings. The fourth-order valence-electron chi connectivity index (χ4n) is 3.19. The molecule has 0 amide bonds. The van der Waals surface area contributed by atoms with Crippen molar-refractivity contribution in [3.8, 4) is 5.75 Å². The molecule has 2 aromatic carbocycles. The van der Waals surface area contributed by atoms with Crippen LogP contribution in [0.3, 0.4) is 0 Å². The van der Waals surface area contributed by atoms with Crippen LogP contribution in [-0.2, 0) is 13.6 Å². The molecule has 4 rings (SSSR count). The van der Waals surface area contributed by atoms with E-state index < -0.39 is 0 Å². The molecule has 0 unspecified atom stereocenters. The summed E-state index contributed by atoms with van der Waals surface area (Å²) >= 11 is 1.43. The zero-order valence-corrected chi connectivity index (χ0v) is 17.1. The number of anilines is 2. The Kier molecular flexibility index (Phi) is 4.94. The Hall–Kier alpha value is -3.39. The van der Waals surface area contributed by atoms with Gasteiger partial charge in [-0.15, -0.1) is 0 Å². The topological polar surface area (TPSA) is 78.2 Å². The van der Waals surface area contributed by atoms with Gasteiger partial charge < -0.3 is 10.1 Å². The third-order valence-corrected chi connectivity index (χ3v) is 5.71. The van der Waals surface area contributed by atoms with Crippen LogP contribution in [0.15, 0.2) is 58.1 Å². The van der Waals surface area contributed by atoms with Gasteiger partial charge >= 0.3 is 5.69 Å². The summed E-state index contributed by atoms with van der Waals surface area (Å²) in [5.41, 5.74) is 1.47. The number of methoxy groups -OCH3 is 1. The van der Waals surface area contributed by atoms with Gasteiger partial charge in [-0.2, -0.15) is 0 Å². The Balaban J connectivity index is 1.73. The molecule has 7 nitrogen and oxygen atoms in total. The normalized spacial score (nSPS) is 11.0. The average Bonchev–Trinajstić information content (AvgIpc) is 3.15. The van der Waals surface area contributed by atoms with E-state index in [9.17, 15) is 9.59 Å². The Morgan fingerprint density at radius 1 is 1.14 bits per heavy atom. The molecule has 0 atom stereocenters. The number of aromatic nitrogens is 3. The summed E-state index contributed by atoms with van der Waals surface area (Å²) in [4.78, 5) is 30.3. The van der Waals surface area contributed by atoms with Crippen molar-refractivity contribution in [1.82, 2.24) is 14.1 Å². The molecule has 8 heteroatoms. The van der Waals surface area contributed by atoms with Crippen LogP contribution in [0.5, 0.6) is 5.75 Å². The number of hydrogen-bond donors (Lipinski definition) is 1. The third-order valence-electron chi connectivity index (χ3n) is 4.78. The van der Waals surface area contributed by atoms with Crippen molar-refractivity contribution in [2.24, 2.45) is 7.05 Å². The van der Waals surface area contributed by atoms with Gasteiger partial charge in [0.2, 0.25) is 0 Å². The summed E-state index contributed by atoms with van der Waals surface area (Å²) in [5.74, 6) is 1.19. The molecule has 0 aliphatic rings. The largest absolute Gasteiger partial charge is 0.497 e. The molecule has 2 heterocycles. The first-order chi connectivity index (χ1) is 14.0. The second-order valence-electron chi connectivity index (χ2n) is 6.67. The maximum atomic E-state index is 12.9. The van der Waals surface area contributed by atoms with Crippen molar-refractivity contribution in [2.45, 2.75) is 13.5 Å². The summed E-state index contributed by atoms with van der Waals surface area (Å²) in [6.45, 7) is 1.94. The lowest BCUT2D eigenvalue weighted by atomic mass is 10.2. The molecule has 0 saturated heterocycles. The predicted molar refractivity (Wildman–Crippen MR) is 116 cm³/mol. The van der Waals surface area contributed by atoms with E-state index in [0.717, 1.165) is 21.5 Å². The van der Waals surface area contributed by atoms with E-state index in [-0.39, 0.29) is 17.8 Å². The lowest BCUT2D eigenvalue weighted by Gasteiger charge is -2.15. The first-order valence-electron chi connectivity index (χ1n) is 9.04. The van der Waals surface area contributed by atoms with Gasteiger partial charge in [-0.05, 0) is 30.7 Å². The molecule has 0 bridgehead atoms. The fourth-order valence-corrected chi connectivity index (χ4v) is 4.08. The monoisotopic (exact) mass is 408 g/mol. The van der Waals surface area contributed by atoms with Crippen LogP contribution < -0.4 is 21.3 Å². The van der Waals surface area contributed by atoms with Gasteiger partial charge in [-0.25, -0.2) is 9.78 Å². The van der Waals surface area contributed by atoms with E-state index >= 15 is 0 Å². The van der Waals surface area contributed by atoms with E-state index in [4.69, 9.17) is 4.74 Å². The second-order valence-corrected chi connectivity index (χ2v) is 7.70. The number of rotatable bonds is 5. The summed E-state index contributed by atoms with van der Waals surface area (Å²) in [7, 11) is 3.26. The molecule has 0 aliphatic carbocycles. The van der Waals surface area contributed by atoms with Crippen molar-refractivity contribution < 1.29 is 4.74 Å². The van der Waals surface area contributed by atoms with Crippen LogP contribution in [0.4, 0.5) is 10.9 Å². The van der Waals surface area contributed by atoms with Crippen molar-refractivity contribution in [3.05, 3.63) is 80.5 Å². The van der Waals surface area contributed by atoms with E-state index in [2.05, 4.69) is 10.3 Å². The van der Waals surface area contributed by atoms with Crippen LogP contribution in [0, 0.1) is 6.92 Å². The Morgan fingerprint density at radius 3 is 2.62 bits per heavy atom. The molecule has 1 N–H and O–H groups in total. The van der Waals surface area contributed by atoms with Crippen molar-refractivity contribution in [2.75, 3.05) is 12.4 Å². The fraction of sp³-hybridized carbons (Fsp3) is 0.190. The Bertz CT molecular complexity index is 1270. The quantitative estimate of drug-likeness (QED) is 0.548. The van der Waals surface area contributed by atoms with E-state index in [1.165, 1.54) is 20.5 Å². The van der Waals surface area contributed by atoms with E-state index in [0.29, 0.717) is 16.5 Å². The van der Waals surface area contributed by atoms with Gasteiger partial charge in [0.05, 0.1) is 29.4 Å². The molecule has 2 aromatic heterocycles. The van der Waals surface area contributed by atoms with Crippen LogP contribution >= 0.6 is 11.3 Å². The number of ether oxygens (including phenoxy) is 1. The minimum absolute atomic E-state index is 0.231. The van der Waals surface area contributed by atoms with Crippen LogP contribution in [0.2, 0.25) is 0 Å². The SMILES string of the molecule is COc1ccc2nc(Nc3c(C)c(=O)n(Cc4ccccc4)c(=O)n3C)sc2c1. The highest BCUT2D eigenvalue weighted by Crippen LogP contribution is 2.31. The number of hydrogen-bond acceptors (Lipinski definition) is 6. The highest BCUT2D eigenvalue weighted by molar-refractivity contribution is 7.22. The number of thiazole rings is 1. The van der Waals surface area contributed by atoms with Crippen molar-refractivity contribution in [3.63, 3.8) is 0 Å². The van der Waals surface area contributed by atoms with Crippen molar-refractivity contribution in [1.29, 1.82) is 0 Å². The van der Waals surface area contributed by atoms with Gasteiger partial charge in [0, 0.05) is 7.05 Å². The zero-order chi connectivity index (χ0) is 20.5. The summed E-state index contributed by atoms with van der Waals surface area (Å²) in [5, 5.41) is 3.76. The van der Waals surface area contributed by atoms with Gasteiger partial charge in [0.1, 0.15) is 11.6 Å². The first-order valence-corrected chi connectivity index (χ1v) is 9.85. The van der Waals surface area contributed by atoms with Gasteiger partial charge in [-0.1, -0.05) is 41.7 Å². The number of nitrogens with one attached hydrogen (secondary N) is 1. The van der Waals surface area contributed by atoms with Gasteiger partial charge in [0.15, 0.2) is 5.13 Å². The highest BCUT2D eigenvalue weighted by Gasteiger charge is 2.16. The lowest BCUT2D eigenvalue weighted by molar-refractivity contribution is 0.415. The minimum Gasteiger partial charge on any atom is -0.497 e. The molecule has 4 aromatic rings. The predicted octanol–water partition coefficient (Wildman–Crippen LogP) is 3.27. The minimum atomic E-state index is -0.380. The van der Waals surface area contributed by atoms with E-state index in [1.807, 2.05) is 48.5 Å². The van der Waals surface area contributed by atoms with Crippen LogP contribution in [0.1, 0.15) is 11.1 Å². The summed E-state index contributed by atoms with van der Waals surface area (Å²) < 4.78 is 8.90. The van der Waals surface area contributed by atoms with Gasteiger partial charge in [-0.3, -0.25) is 13.9 Å². The Labute approximate surface area is 170 Å². The maximum absolute atomic E-state index is 12.9. The third kappa shape index (κ3) is 3.54. The van der Waals surface area contributed by atoms with Crippen molar-refractivity contribution >= 4 is 32.5 Å². The molecule has 148 valence electrons. The second kappa shape index (κ2) is 7.56. The average molecular weight is 408 g/mol.